The van der Waals surface area contributed by atoms with Crippen molar-refractivity contribution in [1.82, 2.24) is 10.2 Å². The van der Waals surface area contributed by atoms with E-state index in [9.17, 15) is 4.79 Å². The Kier molecular flexibility index (Phi) is 13.4. The van der Waals surface area contributed by atoms with Crippen LogP contribution in [0.25, 0.3) is 0 Å². The van der Waals surface area contributed by atoms with Gasteiger partial charge >= 0.3 is 5.97 Å². The summed E-state index contributed by atoms with van der Waals surface area (Å²) in [5, 5.41) is 3.10. The maximum Gasteiger partial charge on any atom is 0.306 e. The summed E-state index contributed by atoms with van der Waals surface area (Å²) in [6.07, 6.45) is 2.00. The van der Waals surface area contributed by atoms with Gasteiger partial charge in [-0.25, -0.2) is 0 Å². The van der Waals surface area contributed by atoms with E-state index in [4.69, 9.17) is 15.2 Å². The lowest BCUT2D eigenvalue weighted by Gasteiger charge is -2.26. The number of hydrogen-bond acceptors (Lipinski definition) is 5. The molecule has 0 atom stereocenters. The highest BCUT2D eigenvalue weighted by Crippen LogP contribution is 1.98. The fourth-order valence-electron chi connectivity index (χ4n) is 2.14. The zero-order valence-electron chi connectivity index (χ0n) is 14.3. The molecule has 1 fully saturated rings. The summed E-state index contributed by atoms with van der Waals surface area (Å²) in [5.74, 6) is 0.265. The molecule has 3 N–H and O–H groups in total. The number of ether oxygens (including phenoxy) is 2. The predicted octanol–water partition coefficient (Wildman–Crippen LogP) is 0.963. The molecule has 8 heteroatoms. The Morgan fingerprint density at radius 1 is 1.35 bits per heavy atom. The molecule has 7 nitrogen and oxygen atoms in total. The van der Waals surface area contributed by atoms with Crippen molar-refractivity contribution < 1.29 is 14.3 Å². The highest BCUT2D eigenvalue weighted by molar-refractivity contribution is 14.0. The summed E-state index contributed by atoms with van der Waals surface area (Å²) >= 11 is 0. The first-order valence-corrected chi connectivity index (χ1v) is 8.11. The Balaban J connectivity index is 0.00000484. The van der Waals surface area contributed by atoms with E-state index in [1.165, 1.54) is 0 Å². The first-order valence-electron chi connectivity index (χ1n) is 8.11. The smallest absolute Gasteiger partial charge is 0.306 e. The second kappa shape index (κ2) is 13.8. The van der Waals surface area contributed by atoms with E-state index in [-0.39, 0.29) is 36.0 Å². The van der Waals surface area contributed by atoms with Crippen LogP contribution < -0.4 is 11.1 Å². The molecule has 1 saturated heterocycles. The molecule has 0 aromatic carbocycles. The molecular formula is C15H31IN4O3. The third-order valence-electron chi connectivity index (χ3n) is 3.25. The third-order valence-corrected chi connectivity index (χ3v) is 3.25. The standard InChI is InChI=1S/C15H30N4O3.HI/c1-13(2)22-14(20)5-3-6-17-15(16)18-7-4-8-19-9-11-21-12-10-19;/h13H,3-12H2,1-2H3,(H3,16,17,18);1H. The van der Waals surface area contributed by atoms with Gasteiger partial charge in [-0.05, 0) is 33.2 Å². The van der Waals surface area contributed by atoms with Gasteiger partial charge in [-0.2, -0.15) is 0 Å². The number of aliphatic imine (C=N–C) groups is 1. The van der Waals surface area contributed by atoms with Gasteiger partial charge in [-0.3, -0.25) is 14.7 Å². The van der Waals surface area contributed by atoms with E-state index >= 15 is 0 Å². The quantitative estimate of drug-likeness (QED) is 0.182. The summed E-state index contributed by atoms with van der Waals surface area (Å²) in [5.41, 5.74) is 5.78. The molecule has 23 heavy (non-hydrogen) atoms. The van der Waals surface area contributed by atoms with Gasteiger partial charge in [0.1, 0.15) is 0 Å². The van der Waals surface area contributed by atoms with Crippen LogP contribution in [0.1, 0.15) is 33.1 Å². The lowest BCUT2D eigenvalue weighted by Crippen LogP contribution is -2.39. The molecule has 0 radical (unpaired) electrons. The number of esters is 1. The lowest BCUT2D eigenvalue weighted by atomic mass is 10.3. The average Bonchev–Trinajstić information content (AvgIpc) is 2.48. The number of guanidine groups is 1. The van der Waals surface area contributed by atoms with Gasteiger partial charge in [0.2, 0.25) is 0 Å². The van der Waals surface area contributed by atoms with Crippen molar-refractivity contribution in [3.8, 4) is 0 Å². The summed E-state index contributed by atoms with van der Waals surface area (Å²) in [6, 6.07) is 0. The molecule has 0 bridgehead atoms. The second-order valence-electron chi connectivity index (χ2n) is 5.64. The molecule has 1 aliphatic rings. The number of carbonyl (C=O) groups is 1. The van der Waals surface area contributed by atoms with Gasteiger partial charge in [0, 0.05) is 32.6 Å². The SMILES string of the molecule is CC(C)OC(=O)CCCN=C(N)NCCCN1CCOCC1.I. The third kappa shape index (κ3) is 12.5. The molecule has 136 valence electrons. The van der Waals surface area contributed by atoms with E-state index in [1.54, 1.807) is 0 Å². The maximum atomic E-state index is 11.3. The fraction of sp³-hybridized carbons (Fsp3) is 0.867. The summed E-state index contributed by atoms with van der Waals surface area (Å²) in [6.45, 7) is 9.75. The first kappa shape index (κ1) is 22.4. The molecule has 1 rings (SSSR count). The monoisotopic (exact) mass is 442 g/mol. The molecule has 0 aromatic heterocycles. The zero-order chi connectivity index (χ0) is 16.2. The van der Waals surface area contributed by atoms with Gasteiger partial charge < -0.3 is 20.5 Å². The minimum atomic E-state index is -0.178. The van der Waals surface area contributed by atoms with Crippen LogP contribution in [-0.4, -0.2) is 68.9 Å². The number of nitrogens with zero attached hydrogens (tertiary/aromatic N) is 2. The summed E-state index contributed by atoms with van der Waals surface area (Å²) in [7, 11) is 0. The Morgan fingerprint density at radius 2 is 2.04 bits per heavy atom. The predicted molar refractivity (Wildman–Crippen MR) is 102 cm³/mol. The molecule has 0 aliphatic carbocycles. The van der Waals surface area contributed by atoms with Crippen molar-refractivity contribution in [2.45, 2.75) is 39.2 Å². The van der Waals surface area contributed by atoms with E-state index in [2.05, 4.69) is 15.2 Å². The molecule has 0 aromatic rings. The maximum absolute atomic E-state index is 11.3. The Bertz CT molecular complexity index is 348. The number of halogens is 1. The largest absolute Gasteiger partial charge is 0.463 e. The Hall–Kier alpha value is -0.610. The number of carbonyl (C=O) groups excluding carboxylic acids is 1. The highest BCUT2D eigenvalue weighted by Gasteiger charge is 2.09. The normalized spacial score (nSPS) is 16.0. The van der Waals surface area contributed by atoms with Crippen LogP contribution in [0.5, 0.6) is 0 Å². The van der Waals surface area contributed by atoms with Crippen LogP contribution in [0.2, 0.25) is 0 Å². The number of hydrogen-bond donors (Lipinski definition) is 2. The highest BCUT2D eigenvalue weighted by atomic mass is 127. The number of nitrogens with one attached hydrogen (secondary N) is 1. The lowest BCUT2D eigenvalue weighted by molar-refractivity contribution is -0.147. The van der Waals surface area contributed by atoms with Crippen molar-refractivity contribution in [3.05, 3.63) is 0 Å². The minimum absolute atomic E-state index is 0. The van der Waals surface area contributed by atoms with Crippen molar-refractivity contribution in [2.24, 2.45) is 10.7 Å². The molecule has 1 heterocycles. The van der Waals surface area contributed by atoms with Crippen LogP contribution in [0, 0.1) is 0 Å². The van der Waals surface area contributed by atoms with Gasteiger partial charge in [-0.1, -0.05) is 0 Å². The molecule has 0 spiro atoms. The van der Waals surface area contributed by atoms with Crippen LogP contribution in [-0.2, 0) is 14.3 Å². The minimum Gasteiger partial charge on any atom is -0.463 e. The van der Waals surface area contributed by atoms with E-state index in [0.717, 1.165) is 45.8 Å². The van der Waals surface area contributed by atoms with Gasteiger partial charge in [0.25, 0.3) is 0 Å². The van der Waals surface area contributed by atoms with Crippen LogP contribution in [0.4, 0.5) is 0 Å². The summed E-state index contributed by atoms with van der Waals surface area (Å²) < 4.78 is 10.4. The molecule has 1 aliphatic heterocycles. The number of rotatable bonds is 9. The van der Waals surface area contributed by atoms with Crippen molar-refractivity contribution in [2.75, 3.05) is 45.9 Å². The van der Waals surface area contributed by atoms with Crippen molar-refractivity contribution in [3.63, 3.8) is 0 Å². The molecule has 0 saturated carbocycles. The molecule has 0 amide bonds. The van der Waals surface area contributed by atoms with Gasteiger partial charge in [0.15, 0.2) is 5.96 Å². The average molecular weight is 442 g/mol. The van der Waals surface area contributed by atoms with E-state index < -0.39 is 0 Å². The second-order valence-corrected chi connectivity index (χ2v) is 5.64. The van der Waals surface area contributed by atoms with E-state index in [1.807, 2.05) is 13.8 Å². The fourth-order valence-corrected chi connectivity index (χ4v) is 2.14. The molecular weight excluding hydrogens is 411 g/mol. The van der Waals surface area contributed by atoms with Crippen molar-refractivity contribution >= 4 is 35.9 Å². The Labute approximate surface area is 156 Å². The van der Waals surface area contributed by atoms with Gasteiger partial charge in [0.05, 0.1) is 19.3 Å². The van der Waals surface area contributed by atoms with Crippen LogP contribution in [0.3, 0.4) is 0 Å². The number of morpholine rings is 1. The van der Waals surface area contributed by atoms with Crippen LogP contribution in [0.15, 0.2) is 4.99 Å². The first-order chi connectivity index (χ1) is 10.6. The topological polar surface area (TPSA) is 89.2 Å². The number of nitrogens with two attached hydrogens (primary N) is 1. The van der Waals surface area contributed by atoms with E-state index in [0.29, 0.717) is 25.3 Å². The molecule has 0 unspecified atom stereocenters. The zero-order valence-corrected chi connectivity index (χ0v) is 16.6. The van der Waals surface area contributed by atoms with Crippen molar-refractivity contribution in [1.29, 1.82) is 0 Å². The van der Waals surface area contributed by atoms with Crippen LogP contribution >= 0.6 is 24.0 Å². The summed E-state index contributed by atoms with van der Waals surface area (Å²) in [4.78, 5) is 17.9. The Morgan fingerprint density at radius 3 is 2.70 bits per heavy atom. The van der Waals surface area contributed by atoms with Gasteiger partial charge in [-0.15, -0.1) is 24.0 Å².